The van der Waals surface area contributed by atoms with Crippen LogP contribution >= 0.6 is 0 Å². The Morgan fingerprint density at radius 1 is 0.867 bits per heavy atom. The molecule has 2 N–H and O–H groups in total. The van der Waals surface area contributed by atoms with Gasteiger partial charge in [0.05, 0.1) is 32.6 Å². The minimum Gasteiger partial charge on any atom is -0.304 e. The monoisotopic (exact) mass is 216 g/mol. The van der Waals surface area contributed by atoms with Crippen LogP contribution in [0.4, 0.5) is 0 Å². The van der Waals surface area contributed by atoms with Crippen LogP contribution in [0.25, 0.3) is 0 Å². The summed E-state index contributed by atoms with van der Waals surface area (Å²) in [6.07, 6.45) is 0.0139. The molecule has 2 aliphatic rings. The molecule has 2 fully saturated rings. The predicted molar refractivity (Wildman–Crippen MR) is 49.8 cm³/mol. The van der Waals surface area contributed by atoms with Crippen molar-refractivity contribution in [3.63, 3.8) is 0 Å². The van der Waals surface area contributed by atoms with Gasteiger partial charge < -0.3 is 10.6 Å². The third-order valence-corrected chi connectivity index (χ3v) is 3.25. The Morgan fingerprint density at radius 3 is 1.47 bits per heavy atom. The average Bonchev–Trinajstić information content (AvgIpc) is 2.17. The Hall–Kier alpha value is -1.28. The maximum atomic E-state index is 11.0. The number of nitrogens with zero attached hydrogens (tertiary/aromatic N) is 2. The first kappa shape index (κ1) is 10.2. The van der Waals surface area contributed by atoms with Crippen LogP contribution < -0.4 is 10.6 Å². The number of hydrogen-bond acceptors (Lipinski definition) is 6. The fraction of sp³-hybridized carbons (Fsp3) is 1.00. The minimum atomic E-state index is -1.22. The van der Waals surface area contributed by atoms with Crippen molar-refractivity contribution in [1.82, 2.24) is 10.6 Å². The lowest BCUT2D eigenvalue weighted by molar-refractivity contribution is -0.623. The third-order valence-electron chi connectivity index (χ3n) is 3.25. The topological polar surface area (TPSA) is 110 Å². The molecule has 0 unspecified atom stereocenters. The van der Waals surface area contributed by atoms with E-state index < -0.39 is 20.9 Å². The highest BCUT2D eigenvalue weighted by Crippen LogP contribution is 2.31. The van der Waals surface area contributed by atoms with Gasteiger partial charge in [-0.25, -0.2) is 0 Å². The van der Waals surface area contributed by atoms with E-state index in [1.165, 1.54) is 0 Å². The maximum Gasteiger partial charge on any atom is 0.253 e. The number of nitro groups is 2. The van der Waals surface area contributed by atoms with Crippen LogP contribution in [0.15, 0.2) is 0 Å². The molecule has 0 saturated carbocycles. The zero-order chi connectivity index (χ0) is 11.1. The van der Waals surface area contributed by atoms with E-state index in [0.717, 1.165) is 0 Å². The Balaban J connectivity index is 2.32. The summed E-state index contributed by atoms with van der Waals surface area (Å²) in [4.78, 5) is 21.1. The van der Waals surface area contributed by atoms with E-state index in [4.69, 9.17) is 0 Å². The molecule has 0 amide bonds. The highest BCUT2D eigenvalue weighted by Gasteiger charge is 2.62. The first-order valence-corrected chi connectivity index (χ1v) is 4.71. The van der Waals surface area contributed by atoms with Crippen LogP contribution in [-0.4, -0.2) is 47.1 Å². The molecule has 8 heteroatoms. The molecular weight excluding hydrogens is 204 g/mol. The van der Waals surface area contributed by atoms with E-state index >= 15 is 0 Å². The quantitative estimate of drug-likeness (QED) is 0.434. The summed E-state index contributed by atoms with van der Waals surface area (Å²) in [6.45, 7) is 0.788. The summed E-state index contributed by atoms with van der Waals surface area (Å²) in [6, 6.07) is 0. The number of piperidine rings is 2. The molecule has 2 aliphatic heterocycles. The van der Waals surface area contributed by atoms with Gasteiger partial charge in [0.1, 0.15) is 0 Å². The van der Waals surface area contributed by atoms with Crippen LogP contribution in [0, 0.1) is 20.2 Å². The lowest BCUT2D eigenvalue weighted by Crippen LogP contribution is -2.73. The molecule has 0 spiro atoms. The van der Waals surface area contributed by atoms with E-state index in [9.17, 15) is 20.2 Å². The van der Waals surface area contributed by atoms with Gasteiger partial charge in [-0.05, 0) is 0 Å². The van der Waals surface area contributed by atoms with Crippen molar-refractivity contribution >= 4 is 0 Å². The molecule has 0 radical (unpaired) electrons. The van der Waals surface area contributed by atoms with Crippen molar-refractivity contribution in [3.8, 4) is 0 Å². The van der Waals surface area contributed by atoms with Gasteiger partial charge in [-0.2, -0.15) is 0 Å². The molecule has 15 heavy (non-hydrogen) atoms. The molecule has 2 rings (SSSR count). The second-order valence-electron chi connectivity index (χ2n) is 4.35. The van der Waals surface area contributed by atoms with Gasteiger partial charge in [-0.3, -0.25) is 20.2 Å². The fourth-order valence-electron chi connectivity index (χ4n) is 2.43. The minimum absolute atomic E-state index is 0.0139. The van der Waals surface area contributed by atoms with Gasteiger partial charge in [0.2, 0.25) is 0 Å². The molecule has 0 aliphatic carbocycles. The van der Waals surface area contributed by atoms with Crippen LogP contribution in [0.2, 0.25) is 0 Å². The number of nitrogens with one attached hydrogen (secondary N) is 2. The third kappa shape index (κ3) is 1.37. The van der Waals surface area contributed by atoms with Crippen LogP contribution in [0.3, 0.4) is 0 Å². The zero-order valence-corrected chi connectivity index (χ0v) is 8.06. The highest BCUT2D eigenvalue weighted by molar-refractivity contribution is 5.05. The van der Waals surface area contributed by atoms with E-state index in [1.807, 2.05) is 0 Å². The highest BCUT2D eigenvalue weighted by atomic mass is 16.6. The lowest BCUT2D eigenvalue weighted by atomic mass is 9.76. The Kier molecular flexibility index (Phi) is 2.12. The van der Waals surface area contributed by atoms with E-state index in [0.29, 0.717) is 0 Å². The molecule has 0 aromatic rings. The SMILES string of the molecule is O=[N+]([O-])C12CNCC([N+](=O)[O-])(CNC1)C2. The van der Waals surface area contributed by atoms with Crippen molar-refractivity contribution < 1.29 is 9.85 Å². The molecule has 0 atom stereocenters. The largest absolute Gasteiger partial charge is 0.304 e. The molecular formula is C7H12N4O4. The lowest BCUT2D eigenvalue weighted by Gasteiger charge is -2.41. The van der Waals surface area contributed by atoms with Crippen LogP contribution in [0.1, 0.15) is 6.42 Å². The molecule has 2 bridgehead atoms. The Bertz CT molecular complexity index is 280. The smallest absolute Gasteiger partial charge is 0.253 e. The molecule has 2 saturated heterocycles. The summed E-state index contributed by atoms with van der Waals surface area (Å²) in [5.74, 6) is 0. The number of fused-ring (bicyclic) bond motifs is 2. The van der Waals surface area contributed by atoms with Crippen molar-refractivity contribution in [2.45, 2.75) is 17.5 Å². The van der Waals surface area contributed by atoms with Crippen molar-refractivity contribution in [2.75, 3.05) is 26.2 Å². The second kappa shape index (κ2) is 3.11. The maximum absolute atomic E-state index is 11.0. The number of rotatable bonds is 2. The van der Waals surface area contributed by atoms with Crippen molar-refractivity contribution in [2.24, 2.45) is 0 Å². The molecule has 2 heterocycles. The summed E-state index contributed by atoms with van der Waals surface area (Å²) in [5.41, 5.74) is -2.44. The average molecular weight is 216 g/mol. The number of hydrogen-bond donors (Lipinski definition) is 2. The molecule has 0 aromatic heterocycles. The molecule has 8 nitrogen and oxygen atoms in total. The zero-order valence-electron chi connectivity index (χ0n) is 8.06. The van der Waals surface area contributed by atoms with Crippen LogP contribution in [0.5, 0.6) is 0 Å². The van der Waals surface area contributed by atoms with E-state index in [2.05, 4.69) is 10.6 Å². The van der Waals surface area contributed by atoms with Gasteiger partial charge in [0.25, 0.3) is 11.1 Å². The fourth-order valence-corrected chi connectivity index (χ4v) is 2.43. The first-order chi connectivity index (χ1) is 7.01. The normalized spacial score (nSPS) is 39.7. The summed E-state index contributed by atoms with van der Waals surface area (Å²) in [7, 11) is 0. The van der Waals surface area contributed by atoms with Gasteiger partial charge in [-0.1, -0.05) is 0 Å². The van der Waals surface area contributed by atoms with Crippen LogP contribution in [-0.2, 0) is 0 Å². The summed E-state index contributed by atoms with van der Waals surface area (Å²) >= 11 is 0. The van der Waals surface area contributed by atoms with E-state index in [-0.39, 0.29) is 32.6 Å². The predicted octanol–water partition coefficient (Wildman–Crippen LogP) is -1.39. The van der Waals surface area contributed by atoms with Gasteiger partial charge in [0.15, 0.2) is 0 Å². The van der Waals surface area contributed by atoms with E-state index in [1.54, 1.807) is 0 Å². The van der Waals surface area contributed by atoms with Gasteiger partial charge in [0, 0.05) is 9.85 Å². The second-order valence-corrected chi connectivity index (χ2v) is 4.35. The van der Waals surface area contributed by atoms with Crippen molar-refractivity contribution in [1.29, 1.82) is 0 Å². The summed E-state index contributed by atoms with van der Waals surface area (Å²) < 4.78 is 0. The Morgan fingerprint density at radius 2 is 1.20 bits per heavy atom. The summed E-state index contributed by atoms with van der Waals surface area (Å²) in [5, 5.41) is 27.5. The Labute approximate surface area is 85.3 Å². The standard InChI is InChI=1S/C7H12N4O4/c12-10(13)6-1-7(11(14)15,4-8-2-6)5-9-3-6/h8-9H,1-5H2. The first-order valence-electron chi connectivity index (χ1n) is 4.71. The molecule has 0 aromatic carbocycles. The van der Waals surface area contributed by atoms with Crippen molar-refractivity contribution in [3.05, 3.63) is 20.2 Å². The molecule has 84 valence electrons. The van der Waals surface area contributed by atoms with Gasteiger partial charge >= 0.3 is 0 Å². The van der Waals surface area contributed by atoms with Gasteiger partial charge in [-0.15, -0.1) is 0 Å².